The van der Waals surface area contributed by atoms with E-state index in [0.717, 1.165) is 28.0 Å². The summed E-state index contributed by atoms with van der Waals surface area (Å²) in [5.74, 6) is 2.09. The maximum atomic E-state index is 12.2. The molecule has 0 bridgehead atoms. The lowest BCUT2D eigenvalue weighted by Crippen LogP contribution is -2.57. The van der Waals surface area contributed by atoms with E-state index in [1.54, 1.807) is 12.0 Å². The summed E-state index contributed by atoms with van der Waals surface area (Å²) in [5.41, 5.74) is 3.52. The Morgan fingerprint density at radius 2 is 1.58 bits per heavy atom. The van der Waals surface area contributed by atoms with Crippen molar-refractivity contribution in [3.8, 4) is 45.2 Å². The van der Waals surface area contributed by atoms with Crippen molar-refractivity contribution in [1.82, 2.24) is 10.1 Å². The van der Waals surface area contributed by atoms with E-state index >= 15 is 0 Å². The Kier molecular flexibility index (Phi) is 7.04. The summed E-state index contributed by atoms with van der Waals surface area (Å²) in [4.78, 5) is 13.8. The van der Waals surface area contributed by atoms with Crippen molar-refractivity contribution in [3.63, 3.8) is 0 Å². The van der Waals surface area contributed by atoms with Crippen molar-refractivity contribution in [2.75, 3.05) is 20.2 Å². The zero-order valence-corrected chi connectivity index (χ0v) is 22.5. The van der Waals surface area contributed by atoms with Gasteiger partial charge in [0.25, 0.3) is 0 Å². The van der Waals surface area contributed by atoms with Crippen LogP contribution in [0.3, 0.4) is 0 Å². The van der Waals surface area contributed by atoms with Gasteiger partial charge in [0.1, 0.15) is 28.9 Å². The zero-order chi connectivity index (χ0) is 26.9. The largest absolute Gasteiger partial charge is 0.497 e. The van der Waals surface area contributed by atoms with E-state index in [0.29, 0.717) is 35.3 Å². The summed E-state index contributed by atoms with van der Waals surface area (Å²) in [6.07, 6.45) is -0.407. The van der Waals surface area contributed by atoms with Gasteiger partial charge in [-0.1, -0.05) is 47.1 Å². The molecule has 0 unspecified atom stereocenters. The molecule has 1 aromatic heterocycles. The van der Waals surface area contributed by atoms with Crippen LogP contribution in [0, 0.1) is 0 Å². The van der Waals surface area contributed by atoms with E-state index in [-0.39, 0.29) is 12.2 Å². The van der Waals surface area contributed by atoms with E-state index in [1.165, 1.54) is 0 Å². The van der Waals surface area contributed by atoms with Crippen LogP contribution in [0.2, 0.25) is 5.02 Å². The van der Waals surface area contributed by atoms with Gasteiger partial charge in [-0.25, -0.2) is 4.79 Å². The van der Waals surface area contributed by atoms with E-state index in [1.807, 2.05) is 93.6 Å². The lowest BCUT2D eigenvalue weighted by molar-refractivity contribution is -0.0221. The minimum atomic E-state index is -0.520. The first kappa shape index (κ1) is 25.7. The minimum Gasteiger partial charge on any atom is -0.497 e. The Hall–Kier alpha value is -3.97. The second-order valence-electron chi connectivity index (χ2n) is 10.1. The second-order valence-corrected chi connectivity index (χ2v) is 10.5. The Morgan fingerprint density at radius 1 is 0.947 bits per heavy atom. The fourth-order valence-corrected chi connectivity index (χ4v) is 4.44. The number of methoxy groups -OCH3 is 1. The van der Waals surface area contributed by atoms with Gasteiger partial charge in [-0.3, -0.25) is 0 Å². The van der Waals surface area contributed by atoms with Gasteiger partial charge in [0.2, 0.25) is 0 Å². The summed E-state index contributed by atoms with van der Waals surface area (Å²) in [6.45, 7) is 6.54. The van der Waals surface area contributed by atoms with Crippen molar-refractivity contribution in [3.05, 3.63) is 77.8 Å². The number of amides is 1. The summed E-state index contributed by atoms with van der Waals surface area (Å²) in [5, 5.41) is 5.00. The van der Waals surface area contributed by atoms with Gasteiger partial charge < -0.3 is 23.6 Å². The summed E-state index contributed by atoms with van der Waals surface area (Å²) in [7, 11) is 1.63. The predicted octanol–water partition coefficient (Wildman–Crippen LogP) is 7.34. The zero-order valence-electron chi connectivity index (χ0n) is 21.7. The SMILES string of the molecule is COc1ccc(-c2onc(-c3ccccc3Cl)c2-c2ccc(OC3CN(C(=O)OC(C)(C)C)C3)cc2)cc1. The lowest BCUT2D eigenvalue weighted by atomic mass is 9.96. The van der Waals surface area contributed by atoms with Gasteiger partial charge in [0, 0.05) is 11.1 Å². The van der Waals surface area contributed by atoms with Crippen molar-refractivity contribution in [1.29, 1.82) is 0 Å². The van der Waals surface area contributed by atoms with Crippen LogP contribution < -0.4 is 9.47 Å². The molecule has 38 heavy (non-hydrogen) atoms. The van der Waals surface area contributed by atoms with Crippen LogP contribution in [0.1, 0.15) is 20.8 Å². The molecule has 1 amide bonds. The number of hydrogen-bond donors (Lipinski definition) is 0. The first-order valence-corrected chi connectivity index (χ1v) is 12.7. The molecule has 0 saturated carbocycles. The molecule has 3 aromatic carbocycles. The normalized spacial score (nSPS) is 13.7. The molecule has 7 nitrogen and oxygen atoms in total. The first-order chi connectivity index (χ1) is 18.2. The monoisotopic (exact) mass is 532 g/mol. The number of halogens is 1. The Morgan fingerprint density at radius 3 is 2.21 bits per heavy atom. The predicted molar refractivity (Wildman–Crippen MR) is 147 cm³/mol. The van der Waals surface area contributed by atoms with Crippen molar-refractivity contribution in [2.24, 2.45) is 0 Å². The van der Waals surface area contributed by atoms with Crippen LogP contribution in [-0.4, -0.2) is 48.1 Å². The fraction of sp³-hybridized carbons (Fsp3) is 0.267. The molecular formula is C30H29ClN2O5. The molecule has 0 aliphatic carbocycles. The van der Waals surface area contributed by atoms with E-state index in [4.69, 9.17) is 30.3 Å². The number of rotatable bonds is 6. The Balaban J connectivity index is 1.39. The molecular weight excluding hydrogens is 504 g/mol. The highest BCUT2D eigenvalue weighted by atomic mass is 35.5. The topological polar surface area (TPSA) is 74.0 Å². The van der Waals surface area contributed by atoms with Crippen LogP contribution >= 0.6 is 11.6 Å². The van der Waals surface area contributed by atoms with Gasteiger partial charge in [0.15, 0.2) is 5.76 Å². The summed E-state index contributed by atoms with van der Waals surface area (Å²) in [6, 6.07) is 22.9. The summed E-state index contributed by atoms with van der Waals surface area (Å²) < 4.78 is 22.7. The number of carbonyl (C=O) groups is 1. The van der Waals surface area contributed by atoms with Gasteiger partial charge in [-0.15, -0.1) is 0 Å². The molecule has 1 fully saturated rings. The van der Waals surface area contributed by atoms with Crippen LogP contribution in [0.5, 0.6) is 11.5 Å². The number of likely N-dealkylation sites (tertiary alicyclic amines) is 1. The number of carbonyl (C=O) groups excluding carboxylic acids is 1. The molecule has 196 valence electrons. The molecule has 0 spiro atoms. The van der Waals surface area contributed by atoms with E-state index in [9.17, 15) is 4.79 Å². The quantitative estimate of drug-likeness (QED) is 0.259. The van der Waals surface area contributed by atoms with Gasteiger partial charge >= 0.3 is 6.09 Å². The third-order valence-corrected chi connectivity index (χ3v) is 6.45. The van der Waals surface area contributed by atoms with Crippen molar-refractivity contribution < 1.29 is 23.5 Å². The molecule has 1 saturated heterocycles. The highest BCUT2D eigenvalue weighted by molar-refractivity contribution is 6.33. The molecule has 1 aliphatic rings. The molecule has 0 atom stereocenters. The first-order valence-electron chi connectivity index (χ1n) is 12.4. The Bertz CT molecular complexity index is 1420. The lowest BCUT2D eigenvalue weighted by Gasteiger charge is -2.39. The van der Waals surface area contributed by atoms with E-state index in [2.05, 4.69) is 5.16 Å². The van der Waals surface area contributed by atoms with E-state index < -0.39 is 5.60 Å². The smallest absolute Gasteiger partial charge is 0.410 e. The number of nitrogens with zero attached hydrogens (tertiary/aromatic N) is 2. The maximum Gasteiger partial charge on any atom is 0.410 e. The average Bonchev–Trinajstić information content (AvgIpc) is 3.30. The Labute approximate surface area is 226 Å². The van der Waals surface area contributed by atoms with Crippen LogP contribution in [0.15, 0.2) is 77.3 Å². The number of ether oxygens (including phenoxy) is 3. The third kappa shape index (κ3) is 5.48. The van der Waals surface area contributed by atoms with Crippen LogP contribution in [-0.2, 0) is 4.74 Å². The maximum absolute atomic E-state index is 12.2. The highest BCUT2D eigenvalue weighted by Crippen LogP contribution is 2.42. The second kappa shape index (κ2) is 10.4. The number of benzene rings is 3. The molecule has 0 N–H and O–H groups in total. The fourth-order valence-electron chi connectivity index (χ4n) is 4.22. The van der Waals surface area contributed by atoms with Crippen molar-refractivity contribution >= 4 is 17.7 Å². The average molecular weight is 533 g/mol. The van der Waals surface area contributed by atoms with Crippen molar-refractivity contribution in [2.45, 2.75) is 32.5 Å². The molecule has 4 aromatic rings. The molecule has 0 radical (unpaired) electrons. The third-order valence-electron chi connectivity index (χ3n) is 6.12. The molecule has 5 rings (SSSR count). The number of hydrogen-bond acceptors (Lipinski definition) is 6. The summed E-state index contributed by atoms with van der Waals surface area (Å²) >= 11 is 6.53. The van der Waals surface area contributed by atoms with Crippen LogP contribution in [0.25, 0.3) is 33.7 Å². The van der Waals surface area contributed by atoms with Crippen LogP contribution in [0.4, 0.5) is 4.79 Å². The highest BCUT2D eigenvalue weighted by Gasteiger charge is 2.35. The van der Waals surface area contributed by atoms with Gasteiger partial charge in [-0.05, 0) is 68.8 Å². The minimum absolute atomic E-state index is 0.0856. The standard InChI is InChI=1S/C30H29ClN2O5/c1-30(2,3)37-29(34)33-17-23(18-33)36-22-15-9-19(10-16-22)26-27(24-7-5-6-8-25(24)31)32-38-28(26)20-11-13-21(35-4)14-12-20/h5-16,23H,17-18H2,1-4H3. The molecule has 1 aliphatic heterocycles. The molecule has 8 heteroatoms. The molecule has 2 heterocycles. The van der Waals surface area contributed by atoms with Gasteiger partial charge in [0.05, 0.1) is 30.8 Å². The van der Waals surface area contributed by atoms with Gasteiger partial charge in [-0.2, -0.15) is 0 Å². The number of aromatic nitrogens is 1.